The van der Waals surface area contributed by atoms with Crippen LogP contribution in [-0.2, 0) is 4.79 Å². The second kappa shape index (κ2) is 6.59. The van der Waals surface area contributed by atoms with E-state index >= 15 is 0 Å². The zero-order chi connectivity index (χ0) is 18.3. The Kier molecular flexibility index (Phi) is 4.64. The molecule has 1 atom stereocenters. The van der Waals surface area contributed by atoms with Crippen LogP contribution in [0.5, 0.6) is 0 Å². The molecule has 0 spiro atoms. The number of nitrogens with zero attached hydrogens (tertiary/aromatic N) is 2. The molecule has 1 N–H and O–H groups in total. The molecule has 25 heavy (non-hydrogen) atoms. The van der Waals surface area contributed by atoms with Crippen LogP contribution < -0.4 is 0 Å². The molecule has 130 valence electrons. The van der Waals surface area contributed by atoms with Gasteiger partial charge in [-0.25, -0.2) is 8.78 Å². The molecule has 2 aromatic carbocycles. The fourth-order valence-electron chi connectivity index (χ4n) is 2.60. The molecule has 1 heterocycles. The third-order valence-electron chi connectivity index (χ3n) is 3.77. The molecule has 1 saturated heterocycles. The van der Waals surface area contributed by atoms with E-state index in [0.717, 1.165) is 17.0 Å². The number of hydroxylamine groups is 2. The first-order chi connectivity index (χ1) is 11.8. The van der Waals surface area contributed by atoms with Crippen molar-refractivity contribution < 1.29 is 23.6 Å². The molecule has 1 aliphatic heterocycles. The highest BCUT2D eigenvalue weighted by Crippen LogP contribution is 2.34. The van der Waals surface area contributed by atoms with Gasteiger partial charge in [-0.05, 0) is 29.8 Å². The fourth-order valence-corrected chi connectivity index (χ4v) is 3.03. The first-order valence-electron chi connectivity index (χ1n) is 7.02. The highest BCUT2D eigenvalue weighted by molar-refractivity contribution is 6.34. The number of hydrogen-bond acceptors (Lipinski definition) is 3. The molecule has 0 radical (unpaired) electrons. The van der Waals surface area contributed by atoms with Crippen molar-refractivity contribution in [1.29, 1.82) is 0 Å². The maximum absolute atomic E-state index is 14.0. The monoisotopic (exact) mass is 386 g/mol. The lowest BCUT2D eigenvalue weighted by Gasteiger charge is -2.27. The third-order valence-corrected chi connectivity index (χ3v) is 4.37. The van der Waals surface area contributed by atoms with E-state index in [4.69, 9.17) is 23.2 Å². The van der Waals surface area contributed by atoms with Crippen LogP contribution in [0.1, 0.15) is 22.1 Å². The number of carbonyl (C=O) groups is 2. The Morgan fingerprint density at radius 3 is 2.48 bits per heavy atom. The lowest BCUT2D eigenvalue weighted by Crippen LogP contribution is -2.35. The summed E-state index contributed by atoms with van der Waals surface area (Å²) in [5.74, 6) is -3.24. The first kappa shape index (κ1) is 17.6. The molecule has 2 amide bonds. The lowest BCUT2D eigenvalue weighted by molar-refractivity contribution is -0.168. The van der Waals surface area contributed by atoms with Crippen LogP contribution in [0.3, 0.4) is 0 Å². The molecule has 0 saturated carbocycles. The molecule has 1 fully saturated rings. The topological polar surface area (TPSA) is 60.9 Å². The average molecular weight is 387 g/mol. The van der Waals surface area contributed by atoms with Crippen LogP contribution in [0.15, 0.2) is 36.4 Å². The minimum absolute atomic E-state index is 0.135. The number of halogens is 4. The summed E-state index contributed by atoms with van der Waals surface area (Å²) >= 11 is 11.6. The largest absolute Gasteiger partial charge is 0.302 e. The highest BCUT2D eigenvalue weighted by Gasteiger charge is 2.42. The van der Waals surface area contributed by atoms with E-state index in [2.05, 4.69) is 0 Å². The van der Waals surface area contributed by atoms with Crippen molar-refractivity contribution in [2.24, 2.45) is 0 Å². The van der Waals surface area contributed by atoms with Crippen molar-refractivity contribution in [1.82, 2.24) is 9.96 Å². The van der Waals surface area contributed by atoms with Gasteiger partial charge in [-0.1, -0.05) is 35.3 Å². The van der Waals surface area contributed by atoms with Gasteiger partial charge in [0.2, 0.25) is 0 Å². The van der Waals surface area contributed by atoms with Crippen molar-refractivity contribution in [2.45, 2.75) is 6.17 Å². The minimum Gasteiger partial charge on any atom is -0.302 e. The maximum Gasteiger partial charge on any atom is 0.267 e. The molecular weight excluding hydrogens is 377 g/mol. The Morgan fingerprint density at radius 2 is 1.84 bits per heavy atom. The van der Waals surface area contributed by atoms with Crippen LogP contribution in [0, 0.1) is 11.6 Å². The Balaban J connectivity index is 2.05. The van der Waals surface area contributed by atoms with Crippen LogP contribution >= 0.6 is 23.2 Å². The normalized spacial score (nSPS) is 17.3. The van der Waals surface area contributed by atoms with Gasteiger partial charge in [0, 0.05) is 0 Å². The minimum atomic E-state index is -1.28. The highest BCUT2D eigenvalue weighted by atomic mass is 35.5. The SMILES string of the molecule is O=C1CN(C(=O)c2c(F)cccc2Cl)C(c2ccc(F)c(Cl)c2)N1O. The molecule has 1 unspecified atom stereocenters. The lowest BCUT2D eigenvalue weighted by atomic mass is 10.1. The van der Waals surface area contributed by atoms with E-state index in [1.165, 1.54) is 24.3 Å². The van der Waals surface area contributed by atoms with Gasteiger partial charge in [-0.15, -0.1) is 0 Å². The number of hydrogen-bond donors (Lipinski definition) is 1. The van der Waals surface area contributed by atoms with Gasteiger partial charge < -0.3 is 4.90 Å². The van der Waals surface area contributed by atoms with E-state index in [9.17, 15) is 23.6 Å². The van der Waals surface area contributed by atoms with Gasteiger partial charge in [-0.3, -0.25) is 14.8 Å². The number of rotatable bonds is 2. The van der Waals surface area contributed by atoms with E-state index < -0.39 is 41.7 Å². The second-order valence-corrected chi connectivity index (χ2v) is 6.13. The summed E-state index contributed by atoms with van der Waals surface area (Å²) in [5.41, 5.74) is -0.244. The van der Waals surface area contributed by atoms with Gasteiger partial charge in [0.15, 0.2) is 6.17 Å². The molecule has 2 aromatic rings. The van der Waals surface area contributed by atoms with Crippen molar-refractivity contribution >= 4 is 35.0 Å². The average Bonchev–Trinajstić information content (AvgIpc) is 2.85. The Labute approximate surface area is 150 Å². The van der Waals surface area contributed by atoms with E-state index in [0.29, 0.717) is 5.06 Å². The zero-order valence-electron chi connectivity index (χ0n) is 12.4. The summed E-state index contributed by atoms with van der Waals surface area (Å²) in [5, 5.41) is 9.93. The van der Waals surface area contributed by atoms with Gasteiger partial charge in [0.1, 0.15) is 18.2 Å². The van der Waals surface area contributed by atoms with Crippen molar-refractivity contribution in [2.75, 3.05) is 6.54 Å². The van der Waals surface area contributed by atoms with Crippen LogP contribution in [0.4, 0.5) is 8.78 Å². The first-order valence-corrected chi connectivity index (χ1v) is 7.77. The van der Waals surface area contributed by atoms with Gasteiger partial charge in [-0.2, -0.15) is 5.06 Å². The Bertz CT molecular complexity index is 858. The second-order valence-electron chi connectivity index (χ2n) is 5.32. The predicted octanol–water partition coefficient (Wildman–Crippen LogP) is 3.64. The van der Waals surface area contributed by atoms with Crippen molar-refractivity contribution in [3.05, 3.63) is 69.2 Å². The number of benzene rings is 2. The Morgan fingerprint density at radius 1 is 1.12 bits per heavy atom. The van der Waals surface area contributed by atoms with E-state index in [1.807, 2.05) is 0 Å². The molecule has 3 rings (SSSR count). The van der Waals surface area contributed by atoms with Crippen molar-refractivity contribution in [3.8, 4) is 0 Å². The zero-order valence-corrected chi connectivity index (χ0v) is 13.9. The maximum atomic E-state index is 14.0. The summed E-state index contributed by atoms with van der Waals surface area (Å²) in [6.45, 7) is -0.500. The molecule has 9 heteroatoms. The molecule has 1 aliphatic rings. The molecule has 0 aromatic heterocycles. The standard InChI is InChI=1S/C16H10Cl2F2N2O3/c17-9-2-1-3-12(20)14(9)16(24)21-7-13(23)22(25)15(21)8-4-5-11(19)10(18)6-8/h1-6,15,25H,7H2. The van der Waals surface area contributed by atoms with Crippen LogP contribution in [0.2, 0.25) is 10.0 Å². The summed E-state index contributed by atoms with van der Waals surface area (Å²) < 4.78 is 27.4. The van der Waals surface area contributed by atoms with E-state index in [-0.39, 0.29) is 15.6 Å². The number of amides is 2. The molecule has 0 bridgehead atoms. The number of carbonyl (C=O) groups excluding carboxylic acids is 2. The van der Waals surface area contributed by atoms with Gasteiger partial charge in [0.05, 0.1) is 15.6 Å². The summed E-state index contributed by atoms with van der Waals surface area (Å²) in [6, 6.07) is 7.18. The van der Waals surface area contributed by atoms with Gasteiger partial charge in [0.25, 0.3) is 11.8 Å². The smallest absolute Gasteiger partial charge is 0.267 e. The predicted molar refractivity (Wildman–Crippen MR) is 85.2 cm³/mol. The van der Waals surface area contributed by atoms with Gasteiger partial charge >= 0.3 is 0 Å². The van der Waals surface area contributed by atoms with E-state index in [1.54, 1.807) is 0 Å². The molecule has 0 aliphatic carbocycles. The fraction of sp³-hybridized carbons (Fsp3) is 0.125. The summed E-state index contributed by atoms with van der Waals surface area (Å²) in [4.78, 5) is 25.5. The van der Waals surface area contributed by atoms with Crippen molar-refractivity contribution in [3.63, 3.8) is 0 Å². The quantitative estimate of drug-likeness (QED) is 0.801. The summed E-state index contributed by atoms with van der Waals surface area (Å²) in [6.07, 6.45) is -1.28. The van der Waals surface area contributed by atoms with Crippen LogP contribution in [0.25, 0.3) is 0 Å². The molecule has 5 nitrogen and oxygen atoms in total. The third kappa shape index (κ3) is 3.06. The Hall–Kier alpha value is -2.22. The summed E-state index contributed by atoms with van der Waals surface area (Å²) in [7, 11) is 0. The van der Waals surface area contributed by atoms with Crippen LogP contribution in [-0.4, -0.2) is 33.5 Å². The molecular formula is C16H10Cl2F2N2O3.